The van der Waals surface area contributed by atoms with E-state index in [0.29, 0.717) is 5.56 Å². The number of carboxylic acids is 1. The van der Waals surface area contributed by atoms with Crippen molar-refractivity contribution in [2.75, 3.05) is 0 Å². The molecule has 6 nitrogen and oxygen atoms in total. The Balaban J connectivity index is 3.24. The van der Waals surface area contributed by atoms with Crippen LogP contribution < -0.4 is 5.32 Å². The fraction of sp³-hybridized carbons (Fsp3) is 0.556. The molecule has 0 saturated heterocycles. The van der Waals surface area contributed by atoms with E-state index in [9.17, 15) is 23.5 Å². The van der Waals surface area contributed by atoms with Gasteiger partial charge in [-0.15, -0.1) is 0 Å². The Bertz CT molecular complexity index is 630. The van der Waals surface area contributed by atoms with E-state index >= 15 is 0 Å². The molecule has 0 bridgehead atoms. The topological polar surface area (TPSA) is 95.9 Å². The minimum absolute atomic E-state index is 0.201. The van der Waals surface area contributed by atoms with Crippen molar-refractivity contribution in [1.82, 2.24) is 5.32 Å². The highest BCUT2D eigenvalue weighted by atomic mass is 19.3. The summed E-state index contributed by atoms with van der Waals surface area (Å²) in [7, 11) is 0. The van der Waals surface area contributed by atoms with Gasteiger partial charge in [-0.3, -0.25) is 0 Å². The Hall–Kier alpha value is -2.22. The lowest BCUT2D eigenvalue weighted by atomic mass is 9.81. The number of carbonyl (C=O) groups excluding carboxylic acids is 1. The summed E-state index contributed by atoms with van der Waals surface area (Å²) < 4.78 is 33.7. The zero-order chi connectivity index (χ0) is 20.2. The summed E-state index contributed by atoms with van der Waals surface area (Å²) in [6.45, 7) is 6.01. The van der Waals surface area contributed by atoms with Gasteiger partial charge < -0.3 is 20.3 Å². The highest BCUT2D eigenvalue weighted by Gasteiger charge is 2.62. The number of alkyl halides is 2. The van der Waals surface area contributed by atoms with E-state index in [4.69, 9.17) is 9.84 Å². The molecule has 0 aliphatic carbocycles. The van der Waals surface area contributed by atoms with Crippen LogP contribution >= 0.6 is 0 Å². The van der Waals surface area contributed by atoms with Gasteiger partial charge >= 0.3 is 18.0 Å². The number of carbonyl (C=O) groups is 2. The molecule has 0 radical (unpaired) electrons. The van der Waals surface area contributed by atoms with Crippen molar-refractivity contribution in [1.29, 1.82) is 0 Å². The second kappa shape index (κ2) is 7.99. The van der Waals surface area contributed by atoms with Crippen molar-refractivity contribution in [2.24, 2.45) is 0 Å². The van der Waals surface area contributed by atoms with Gasteiger partial charge in [0.1, 0.15) is 5.60 Å². The molecule has 2 unspecified atom stereocenters. The molecule has 0 fully saturated rings. The number of ether oxygens (including phenoxy) is 1. The van der Waals surface area contributed by atoms with Crippen LogP contribution in [0.1, 0.15) is 39.7 Å². The number of carboxylic acid groups (broad SMARTS) is 1. The summed E-state index contributed by atoms with van der Waals surface area (Å²) in [5.74, 6) is -6.94. The van der Waals surface area contributed by atoms with Crippen LogP contribution in [0.2, 0.25) is 0 Å². The maximum atomic E-state index is 14.3. The first kappa shape index (κ1) is 21.8. The number of benzene rings is 1. The van der Waals surface area contributed by atoms with E-state index in [1.807, 2.05) is 0 Å². The molecule has 2 atom stereocenters. The number of halogens is 2. The first-order chi connectivity index (χ1) is 11.8. The minimum Gasteiger partial charge on any atom is -0.477 e. The van der Waals surface area contributed by atoms with Gasteiger partial charge in [0, 0.05) is 0 Å². The van der Waals surface area contributed by atoms with Crippen LogP contribution in [0.3, 0.4) is 0 Å². The highest BCUT2D eigenvalue weighted by molar-refractivity contribution is 5.78. The van der Waals surface area contributed by atoms with E-state index in [1.54, 1.807) is 51.1 Å². The summed E-state index contributed by atoms with van der Waals surface area (Å²) in [6.07, 6.45) is -1.82. The number of aliphatic carboxylic acids is 1. The maximum absolute atomic E-state index is 14.3. The molecule has 8 heteroatoms. The summed E-state index contributed by atoms with van der Waals surface area (Å²) in [5.41, 5.74) is -3.35. The smallest absolute Gasteiger partial charge is 0.407 e. The third kappa shape index (κ3) is 5.14. The van der Waals surface area contributed by atoms with Crippen molar-refractivity contribution in [3.05, 3.63) is 35.9 Å². The van der Waals surface area contributed by atoms with Crippen LogP contribution in [0, 0.1) is 0 Å². The Kier molecular flexibility index (Phi) is 6.70. The Morgan fingerprint density at radius 1 is 1.19 bits per heavy atom. The van der Waals surface area contributed by atoms with Crippen LogP contribution in [0.5, 0.6) is 0 Å². The first-order valence-electron chi connectivity index (χ1n) is 8.20. The molecule has 1 rings (SSSR count). The molecule has 0 aliphatic heterocycles. The van der Waals surface area contributed by atoms with Gasteiger partial charge in [0.25, 0.3) is 0 Å². The van der Waals surface area contributed by atoms with E-state index in [2.05, 4.69) is 5.32 Å². The predicted octanol–water partition coefficient (Wildman–Crippen LogP) is 2.98. The normalized spacial score (nSPS) is 15.7. The number of hydrogen-bond donors (Lipinski definition) is 3. The molecule has 0 aromatic heterocycles. The summed E-state index contributed by atoms with van der Waals surface area (Å²) in [6, 6.07) is 6.71. The molecule has 1 aromatic rings. The van der Waals surface area contributed by atoms with Crippen LogP contribution in [-0.4, -0.2) is 45.4 Å². The number of hydrogen-bond acceptors (Lipinski definition) is 4. The molecular weight excluding hydrogens is 348 g/mol. The van der Waals surface area contributed by atoms with Gasteiger partial charge in [-0.1, -0.05) is 37.3 Å². The quantitative estimate of drug-likeness (QED) is 0.683. The van der Waals surface area contributed by atoms with Crippen molar-refractivity contribution in [2.45, 2.75) is 63.7 Å². The predicted molar refractivity (Wildman–Crippen MR) is 91.1 cm³/mol. The number of aliphatic hydroxyl groups is 1. The lowest BCUT2D eigenvalue weighted by Gasteiger charge is -2.39. The van der Waals surface area contributed by atoms with Gasteiger partial charge in [0.05, 0.1) is 6.04 Å². The number of rotatable bonds is 7. The molecule has 26 heavy (non-hydrogen) atoms. The molecule has 0 aliphatic rings. The van der Waals surface area contributed by atoms with Crippen LogP contribution in [0.4, 0.5) is 13.6 Å². The molecule has 0 saturated carbocycles. The van der Waals surface area contributed by atoms with Gasteiger partial charge in [-0.2, -0.15) is 8.78 Å². The second-order valence-electron chi connectivity index (χ2n) is 7.05. The number of alkyl carbamates (subject to hydrolysis) is 1. The molecule has 0 spiro atoms. The first-order valence-corrected chi connectivity index (χ1v) is 8.20. The third-order valence-corrected chi connectivity index (χ3v) is 3.90. The van der Waals surface area contributed by atoms with Crippen LogP contribution in [0.25, 0.3) is 0 Å². The second-order valence-corrected chi connectivity index (χ2v) is 7.05. The average Bonchev–Trinajstić information content (AvgIpc) is 2.52. The highest BCUT2D eigenvalue weighted by Crippen LogP contribution is 2.36. The standard InChI is InChI=1S/C18H25F2NO5/c1-5-17(25,18(19,20)14(22)23)13(11-12-9-7-6-8-10-12)21-15(24)26-16(2,3)4/h6-10,13,25H,5,11H2,1-4H3,(H,21,24)(H,22,23). The zero-order valence-corrected chi connectivity index (χ0v) is 15.3. The molecule has 146 valence electrons. The Labute approximate surface area is 151 Å². The lowest BCUT2D eigenvalue weighted by molar-refractivity contribution is -0.217. The molecule has 0 heterocycles. The Morgan fingerprint density at radius 3 is 2.15 bits per heavy atom. The third-order valence-electron chi connectivity index (χ3n) is 3.90. The molecule has 1 amide bonds. The van der Waals surface area contributed by atoms with Gasteiger partial charge in [-0.25, -0.2) is 9.59 Å². The summed E-state index contributed by atoms with van der Waals surface area (Å²) in [5, 5.41) is 21.7. The SMILES string of the molecule is CCC(O)(C(Cc1ccccc1)NC(=O)OC(C)(C)C)C(F)(F)C(=O)O. The summed E-state index contributed by atoms with van der Waals surface area (Å²) >= 11 is 0. The molecule has 3 N–H and O–H groups in total. The average molecular weight is 373 g/mol. The van der Waals surface area contributed by atoms with E-state index in [1.165, 1.54) is 6.92 Å². The largest absolute Gasteiger partial charge is 0.477 e. The van der Waals surface area contributed by atoms with E-state index < -0.39 is 41.6 Å². The van der Waals surface area contributed by atoms with E-state index in [-0.39, 0.29) is 6.42 Å². The summed E-state index contributed by atoms with van der Waals surface area (Å²) in [4.78, 5) is 23.1. The maximum Gasteiger partial charge on any atom is 0.407 e. The van der Waals surface area contributed by atoms with Crippen molar-refractivity contribution < 1.29 is 33.3 Å². The van der Waals surface area contributed by atoms with Crippen molar-refractivity contribution >= 4 is 12.1 Å². The van der Waals surface area contributed by atoms with Gasteiger partial charge in [-0.05, 0) is 39.2 Å². The van der Waals surface area contributed by atoms with Gasteiger partial charge in [0.2, 0.25) is 0 Å². The molecule has 1 aromatic carbocycles. The Morgan fingerprint density at radius 2 is 1.73 bits per heavy atom. The monoisotopic (exact) mass is 373 g/mol. The fourth-order valence-corrected chi connectivity index (χ4v) is 2.51. The van der Waals surface area contributed by atoms with Crippen molar-refractivity contribution in [3.63, 3.8) is 0 Å². The van der Waals surface area contributed by atoms with Crippen LogP contribution in [-0.2, 0) is 16.0 Å². The van der Waals surface area contributed by atoms with Gasteiger partial charge in [0.15, 0.2) is 5.60 Å². The fourth-order valence-electron chi connectivity index (χ4n) is 2.51. The molecular formula is C18H25F2NO5. The zero-order valence-electron chi connectivity index (χ0n) is 15.3. The number of amides is 1. The van der Waals surface area contributed by atoms with E-state index in [0.717, 1.165) is 0 Å². The number of nitrogens with one attached hydrogen (secondary N) is 1. The minimum atomic E-state index is -4.48. The van der Waals surface area contributed by atoms with Crippen LogP contribution in [0.15, 0.2) is 30.3 Å². The van der Waals surface area contributed by atoms with Crippen molar-refractivity contribution in [3.8, 4) is 0 Å². The lowest BCUT2D eigenvalue weighted by Crippen LogP contribution is -2.65.